The topological polar surface area (TPSA) is 207 Å². The fraction of sp³-hybridized carbons (Fsp3) is 0.378. The Morgan fingerprint density at radius 1 is 0.746 bits per heavy atom. The van der Waals surface area contributed by atoms with E-state index in [2.05, 4.69) is 110 Å². The fourth-order valence-electron chi connectivity index (χ4n) is 7.74. The maximum Gasteiger partial charge on any atom is 0.534 e. The molecule has 2 amide bonds. The molecule has 0 bridgehead atoms. The zero-order chi connectivity index (χ0) is 48.5. The van der Waals surface area contributed by atoms with Crippen molar-refractivity contribution in [3.63, 3.8) is 0 Å². The molecule has 6 aromatic rings. The van der Waals surface area contributed by atoms with Crippen molar-refractivity contribution < 1.29 is 44.7 Å². The summed E-state index contributed by atoms with van der Waals surface area (Å²) in [7, 11) is -2.49. The van der Waals surface area contributed by atoms with Crippen molar-refractivity contribution in [3.05, 3.63) is 130 Å². The van der Waals surface area contributed by atoms with Crippen molar-refractivity contribution in [1.82, 2.24) is 50.6 Å². The molecule has 0 radical (unpaired) electrons. The third kappa shape index (κ3) is 10.9. The molecule has 2 N–H and O–H groups in total. The molecule has 1 fully saturated rings. The van der Waals surface area contributed by atoms with E-state index < -0.39 is 21.5 Å². The first-order valence-corrected chi connectivity index (χ1v) is 22.7. The Kier molecular flexibility index (Phi) is 13.7. The van der Waals surface area contributed by atoms with Crippen LogP contribution in [0.15, 0.2) is 85.5 Å². The van der Waals surface area contributed by atoms with Crippen LogP contribution in [0.2, 0.25) is 0 Å². The summed E-state index contributed by atoms with van der Waals surface area (Å²) < 4.78 is 75.8. The second-order valence-electron chi connectivity index (χ2n) is 17.4. The molecule has 1 saturated heterocycles. The van der Waals surface area contributed by atoms with Gasteiger partial charge in [-0.3, -0.25) is 19.0 Å². The first-order chi connectivity index (χ1) is 31.5. The van der Waals surface area contributed by atoms with Crippen LogP contribution in [0.4, 0.5) is 13.2 Å². The monoisotopic (exact) mass is 942 g/mol. The van der Waals surface area contributed by atoms with Gasteiger partial charge in [0.25, 0.3) is 17.7 Å². The number of aryl methyl sites for hydroxylation is 6. The number of nitrogens with one attached hydrogen (secondary N) is 2. The smallest absolute Gasteiger partial charge is 0.399 e. The predicted molar refractivity (Wildman–Crippen MR) is 240 cm³/mol. The van der Waals surface area contributed by atoms with E-state index in [4.69, 9.17) is 9.31 Å². The van der Waals surface area contributed by atoms with Gasteiger partial charge in [0.2, 0.25) is 0 Å². The van der Waals surface area contributed by atoms with E-state index in [1.54, 1.807) is 54.2 Å². The Labute approximate surface area is 386 Å². The minimum atomic E-state index is -5.67. The second-order valence-corrected chi connectivity index (χ2v) is 19.0. The van der Waals surface area contributed by atoms with E-state index in [1.807, 2.05) is 13.0 Å². The summed E-state index contributed by atoms with van der Waals surface area (Å²) in [5.41, 5.74) is 4.32. The largest absolute Gasteiger partial charge is 0.534 e. The zero-order valence-corrected chi connectivity index (χ0v) is 38.9. The number of fused-ring (bicyclic) bond motifs is 2. The van der Waals surface area contributed by atoms with Gasteiger partial charge in [-0.25, -0.2) is 0 Å². The summed E-state index contributed by atoms with van der Waals surface area (Å²) in [5.74, 6) is -0.901. The highest BCUT2D eigenvalue weighted by atomic mass is 32.2. The minimum absolute atomic E-state index is 0.0229. The number of halogens is 3. The average Bonchev–Trinajstić information content (AvgIpc) is 4.10. The predicted octanol–water partition coefficient (Wildman–Crippen LogP) is 5.75. The molecule has 2 atom stereocenters. The molecule has 9 rings (SSSR count). The highest BCUT2D eigenvalue weighted by Gasteiger charge is 2.52. The van der Waals surface area contributed by atoms with Crippen LogP contribution < -0.4 is 20.3 Å². The molecule has 2 aliphatic carbocycles. The highest BCUT2D eigenvalue weighted by Crippen LogP contribution is 2.38. The second kappa shape index (κ2) is 19.0. The van der Waals surface area contributed by atoms with Gasteiger partial charge in [0, 0.05) is 38.1 Å². The highest BCUT2D eigenvalue weighted by molar-refractivity contribution is 7.87. The van der Waals surface area contributed by atoms with E-state index in [1.165, 1.54) is 35.4 Å². The Bertz CT molecular complexity index is 2890. The van der Waals surface area contributed by atoms with Gasteiger partial charge in [-0.1, -0.05) is 30.3 Å². The van der Waals surface area contributed by atoms with Crippen LogP contribution in [0.25, 0.3) is 11.3 Å². The van der Waals surface area contributed by atoms with Gasteiger partial charge < -0.3 is 24.1 Å². The number of aromatic nitrogens is 8. The molecule has 1 aliphatic heterocycles. The third-order valence-corrected chi connectivity index (χ3v) is 13.0. The van der Waals surface area contributed by atoms with Gasteiger partial charge in [-0.2, -0.15) is 47.1 Å². The summed E-state index contributed by atoms with van der Waals surface area (Å²) in [6, 6.07) is 19.2. The van der Waals surface area contributed by atoms with E-state index in [0.29, 0.717) is 17.0 Å². The maximum atomic E-state index is 12.5. The number of carbonyl (C=O) groups excluding carboxylic acids is 2. The molecular formula is C45H50BF3N10O7S. The van der Waals surface area contributed by atoms with Gasteiger partial charge in [-0.15, -0.1) is 5.10 Å². The van der Waals surface area contributed by atoms with Gasteiger partial charge in [-0.05, 0) is 130 Å². The molecule has 17 nitrogen and oxygen atoms in total. The number of benzene rings is 2. The summed E-state index contributed by atoms with van der Waals surface area (Å²) in [6.45, 7) is 11.8. The SMILES string of the molecule is Cc1cnnc(-c2ccc3c(c2)CC[C@H]3NC(=O)c2ccnn2C)c1.Cc1cnnc(OS(=O)(=O)C(F)(F)F)c1.Cn1nccc1C(=O)N[C@@H]1CCc2cc(B3OC(C)(C)C(C)(C)O3)ccc21. The quantitative estimate of drug-likeness (QED) is 0.106. The number of hydrogen-bond donors (Lipinski definition) is 2. The summed E-state index contributed by atoms with van der Waals surface area (Å²) in [5, 5.41) is 28.9. The van der Waals surface area contributed by atoms with E-state index in [-0.39, 0.29) is 42.2 Å². The first-order valence-electron chi connectivity index (χ1n) is 21.3. The Balaban J connectivity index is 0.000000156. The van der Waals surface area contributed by atoms with Gasteiger partial charge in [0.15, 0.2) is 0 Å². The lowest BCUT2D eigenvalue weighted by Crippen LogP contribution is -2.41. The molecule has 352 valence electrons. The van der Waals surface area contributed by atoms with Crippen molar-refractivity contribution in [2.24, 2.45) is 14.1 Å². The molecule has 4 aromatic heterocycles. The van der Waals surface area contributed by atoms with Crippen LogP contribution in [0.3, 0.4) is 0 Å². The van der Waals surface area contributed by atoms with Crippen LogP contribution in [0.5, 0.6) is 5.88 Å². The van der Waals surface area contributed by atoms with Crippen molar-refractivity contribution >= 4 is 34.5 Å². The molecular weight excluding hydrogens is 892 g/mol. The van der Waals surface area contributed by atoms with Crippen molar-refractivity contribution in [3.8, 4) is 17.1 Å². The molecule has 2 aromatic carbocycles. The lowest BCUT2D eigenvalue weighted by molar-refractivity contribution is -0.0501. The lowest BCUT2D eigenvalue weighted by atomic mass is 9.78. The normalized spacial score (nSPS) is 17.9. The maximum absolute atomic E-state index is 12.5. The summed E-state index contributed by atoms with van der Waals surface area (Å²) in [6.07, 6.45) is 9.93. The van der Waals surface area contributed by atoms with Crippen LogP contribution in [0, 0.1) is 13.8 Å². The van der Waals surface area contributed by atoms with Crippen molar-refractivity contribution in [2.75, 3.05) is 0 Å². The van der Waals surface area contributed by atoms with Crippen LogP contribution in [-0.4, -0.2) is 84.0 Å². The molecule has 67 heavy (non-hydrogen) atoms. The van der Waals surface area contributed by atoms with E-state index >= 15 is 0 Å². The molecule has 0 spiro atoms. The Morgan fingerprint density at radius 2 is 1.25 bits per heavy atom. The summed E-state index contributed by atoms with van der Waals surface area (Å²) >= 11 is 0. The minimum Gasteiger partial charge on any atom is -0.399 e. The third-order valence-electron chi connectivity index (χ3n) is 12.0. The molecule has 0 saturated carbocycles. The van der Waals surface area contributed by atoms with Crippen LogP contribution in [0.1, 0.15) is 107 Å². The van der Waals surface area contributed by atoms with Crippen LogP contribution >= 0.6 is 0 Å². The number of rotatable bonds is 8. The fourth-order valence-corrected chi connectivity index (χ4v) is 8.14. The molecule has 3 aliphatic rings. The molecule has 22 heteroatoms. The number of hydrogen-bond acceptors (Lipinski definition) is 13. The zero-order valence-electron chi connectivity index (χ0n) is 38.1. The Morgan fingerprint density at radius 3 is 1.75 bits per heavy atom. The summed E-state index contributed by atoms with van der Waals surface area (Å²) in [4.78, 5) is 24.9. The first kappa shape index (κ1) is 48.4. The number of alkyl halides is 3. The van der Waals surface area contributed by atoms with Crippen molar-refractivity contribution in [2.45, 2.75) is 96.0 Å². The van der Waals surface area contributed by atoms with E-state index in [9.17, 15) is 31.2 Å². The number of carbonyl (C=O) groups is 2. The van der Waals surface area contributed by atoms with Gasteiger partial charge >= 0.3 is 22.7 Å². The molecule has 0 unspecified atom stereocenters. The van der Waals surface area contributed by atoms with Gasteiger partial charge in [0.1, 0.15) is 11.4 Å². The van der Waals surface area contributed by atoms with E-state index in [0.717, 1.165) is 54.0 Å². The van der Waals surface area contributed by atoms with Gasteiger partial charge in [0.05, 0.1) is 41.4 Å². The van der Waals surface area contributed by atoms with Crippen LogP contribution in [-0.2, 0) is 46.4 Å². The lowest BCUT2D eigenvalue weighted by Gasteiger charge is -2.32. The standard InChI is InChI=1S/C20H26BN3O3.C19H19N5O.C6H5F3N2O3S/c1-19(2)20(3,4)27-21(26-19)14-7-8-15-13(12-14)6-9-16(15)23-18(25)17-10-11-22-24(17)5;1-12-9-17(23-20-11-12)14-3-5-15-13(10-14)4-6-16(15)22-19(25)18-7-8-21-24(18)2;1-4-2-5(11-10-3-4)14-15(12,13)6(7,8)9/h7-8,10-12,16H,6,9H2,1-5H3,(H,23,25);3,5,7-11,16H,4,6H2,1-2H3,(H,22,25);2-3H,1H3/t2*16-;/m11./s1. The number of amides is 2. The van der Waals surface area contributed by atoms with Crippen molar-refractivity contribution in [1.29, 1.82) is 0 Å². The Hall–Kier alpha value is -6.52. The molecule has 5 heterocycles. The average molecular weight is 943 g/mol. The number of nitrogens with zero attached hydrogens (tertiary/aromatic N) is 8.